The zero-order chi connectivity index (χ0) is 28.6. The number of carbonyl (C=O) groups excluding carboxylic acids is 1. The van der Waals surface area contributed by atoms with E-state index in [1.165, 1.54) is 0 Å². The first-order chi connectivity index (χ1) is 19.3. The van der Waals surface area contributed by atoms with Crippen LogP contribution in [0, 0.1) is 5.92 Å². The zero-order valence-electron chi connectivity index (χ0n) is 23.9. The van der Waals surface area contributed by atoms with Crippen LogP contribution >= 0.6 is 11.6 Å². The van der Waals surface area contributed by atoms with E-state index in [1.54, 1.807) is 0 Å². The van der Waals surface area contributed by atoms with Crippen LogP contribution in [0.2, 0.25) is 5.15 Å². The number of benzene rings is 2. The maximum atomic E-state index is 13.1. The van der Waals surface area contributed by atoms with Gasteiger partial charge in [0.25, 0.3) is 0 Å². The molecule has 9 nitrogen and oxygen atoms in total. The predicted molar refractivity (Wildman–Crippen MR) is 157 cm³/mol. The molecule has 2 aromatic heterocycles. The summed E-state index contributed by atoms with van der Waals surface area (Å²) < 4.78 is 7.93. The number of imidazole rings is 1. The highest BCUT2D eigenvalue weighted by Crippen LogP contribution is 2.30. The standard InChI is InChI=1S/C30H38ClN7O2/c1-6-8-13-26-32-28(31)25(19-40-30(39)27(37(4)5)20(3)7-2)38(26)18-21-14-16-22(17-15-21)23-11-9-10-12-24(23)29-33-35-36-34-29/h9-12,14-17,20,27H,6-8,13,18-19H2,1-5H3,(H,33,34,35,36). The molecule has 10 heteroatoms. The number of nitrogens with one attached hydrogen (secondary N) is 1. The van der Waals surface area contributed by atoms with Crippen LogP contribution in [0.3, 0.4) is 0 Å². The van der Waals surface area contributed by atoms with Crippen molar-refractivity contribution in [2.75, 3.05) is 14.1 Å². The van der Waals surface area contributed by atoms with Gasteiger partial charge in [-0.1, -0.05) is 93.7 Å². The van der Waals surface area contributed by atoms with E-state index in [9.17, 15) is 4.79 Å². The fraction of sp³-hybridized carbons (Fsp3) is 0.433. The number of carbonyl (C=O) groups is 1. The highest BCUT2D eigenvalue weighted by Gasteiger charge is 2.28. The fourth-order valence-corrected chi connectivity index (χ4v) is 5.19. The molecule has 0 saturated carbocycles. The Morgan fingerprint density at radius 1 is 1.10 bits per heavy atom. The van der Waals surface area contributed by atoms with Crippen LogP contribution in [0.15, 0.2) is 48.5 Å². The number of halogens is 1. The number of nitrogens with zero attached hydrogens (tertiary/aromatic N) is 6. The van der Waals surface area contributed by atoms with Crippen molar-refractivity contribution in [1.82, 2.24) is 35.1 Å². The highest BCUT2D eigenvalue weighted by molar-refractivity contribution is 6.30. The monoisotopic (exact) mass is 563 g/mol. The van der Waals surface area contributed by atoms with Crippen molar-refractivity contribution in [3.8, 4) is 22.5 Å². The summed E-state index contributed by atoms with van der Waals surface area (Å²) in [5, 5.41) is 14.9. The van der Waals surface area contributed by atoms with Gasteiger partial charge in [0.2, 0.25) is 5.82 Å². The molecule has 0 radical (unpaired) electrons. The number of aryl methyl sites for hydroxylation is 1. The zero-order valence-corrected chi connectivity index (χ0v) is 24.6. The molecule has 2 heterocycles. The first-order valence-electron chi connectivity index (χ1n) is 13.8. The SMILES string of the molecule is CCCCc1nc(Cl)c(COC(=O)C(C(C)CC)N(C)C)n1Cc1ccc(-c2ccccc2-c2nn[nH]n2)cc1. The van der Waals surface area contributed by atoms with Gasteiger partial charge in [-0.05, 0) is 48.3 Å². The number of likely N-dealkylation sites (N-methyl/N-ethyl adjacent to an activating group) is 1. The summed E-state index contributed by atoms with van der Waals surface area (Å²) in [5.41, 5.74) is 4.78. The summed E-state index contributed by atoms with van der Waals surface area (Å²) in [7, 11) is 3.81. The molecule has 0 aliphatic carbocycles. The molecule has 40 heavy (non-hydrogen) atoms. The fourth-order valence-electron chi connectivity index (χ4n) is 4.93. The molecule has 0 fully saturated rings. The number of H-pyrrole nitrogens is 1. The first-order valence-corrected chi connectivity index (χ1v) is 14.2. The van der Waals surface area contributed by atoms with Gasteiger partial charge in [-0.25, -0.2) is 4.98 Å². The topological polar surface area (TPSA) is 102 Å². The summed E-state index contributed by atoms with van der Waals surface area (Å²) in [5.74, 6) is 1.38. The molecule has 2 unspecified atom stereocenters. The molecule has 0 saturated heterocycles. The second-order valence-corrected chi connectivity index (χ2v) is 10.7. The molecule has 4 rings (SSSR count). The largest absolute Gasteiger partial charge is 0.458 e. The molecule has 2 atom stereocenters. The number of ether oxygens (including phenoxy) is 1. The molecule has 1 N–H and O–H groups in total. The van der Waals surface area contributed by atoms with Crippen molar-refractivity contribution in [1.29, 1.82) is 0 Å². The van der Waals surface area contributed by atoms with E-state index in [1.807, 2.05) is 43.3 Å². The third kappa shape index (κ3) is 6.77. The third-order valence-electron chi connectivity index (χ3n) is 7.31. The molecular formula is C30H38ClN7O2. The van der Waals surface area contributed by atoms with Crippen molar-refractivity contribution in [2.24, 2.45) is 5.92 Å². The van der Waals surface area contributed by atoms with Crippen LogP contribution in [0.4, 0.5) is 0 Å². The number of esters is 1. The molecule has 0 amide bonds. The van der Waals surface area contributed by atoms with Gasteiger partial charge in [-0.3, -0.25) is 9.69 Å². The summed E-state index contributed by atoms with van der Waals surface area (Å²) in [6.45, 7) is 6.94. The maximum Gasteiger partial charge on any atom is 0.324 e. The molecule has 0 spiro atoms. The lowest BCUT2D eigenvalue weighted by Crippen LogP contribution is -2.42. The molecule has 0 bridgehead atoms. The quantitative estimate of drug-likeness (QED) is 0.205. The second kappa shape index (κ2) is 13.7. The van der Waals surface area contributed by atoms with Gasteiger partial charge in [0.05, 0.1) is 5.69 Å². The Hall–Kier alpha value is -3.56. The molecule has 212 valence electrons. The number of hydrogen-bond acceptors (Lipinski definition) is 7. The van der Waals surface area contributed by atoms with Gasteiger partial charge in [0, 0.05) is 18.5 Å². The minimum absolute atomic E-state index is 0.0771. The van der Waals surface area contributed by atoms with Crippen LogP contribution in [0.25, 0.3) is 22.5 Å². The van der Waals surface area contributed by atoms with Gasteiger partial charge in [0.15, 0.2) is 5.15 Å². The minimum Gasteiger partial charge on any atom is -0.458 e. The van der Waals surface area contributed by atoms with E-state index in [2.05, 4.69) is 75.2 Å². The van der Waals surface area contributed by atoms with Crippen molar-refractivity contribution in [3.63, 3.8) is 0 Å². The van der Waals surface area contributed by atoms with E-state index in [-0.39, 0.29) is 24.5 Å². The van der Waals surface area contributed by atoms with Crippen LogP contribution < -0.4 is 0 Å². The highest BCUT2D eigenvalue weighted by atomic mass is 35.5. The second-order valence-electron chi connectivity index (χ2n) is 10.3. The van der Waals surface area contributed by atoms with E-state index >= 15 is 0 Å². The Balaban J connectivity index is 1.58. The summed E-state index contributed by atoms with van der Waals surface area (Å²) >= 11 is 6.63. The van der Waals surface area contributed by atoms with Crippen molar-refractivity contribution in [3.05, 3.63) is 70.8 Å². The van der Waals surface area contributed by atoms with E-state index in [0.717, 1.165) is 53.8 Å². The average Bonchev–Trinajstić information content (AvgIpc) is 3.59. The normalized spacial score (nSPS) is 13.0. The number of rotatable bonds is 13. The summed E-state index contributed by atoms with van der Waals surface area (Å²) in [6, 6.07) is 16.0. The van der Waals surface area contributed by atoms with Gasteiger partial charge in [-0.2, -0.15) is 5.21 Å². The van der Waals surface area contributed by atoms with Gasteiger partial charge in [0.1, 0.15) is 18.5 Å². The number of aromatic nitrogens is 6. The maximum absolute atomic E-state index is 13.1. The smallest absolute Gasteiger partial charge is 0.324 e. The Labute approximate surface area is 240 Å². The van der Waals surface area contributed by atoms with E-state index < -0.39 is 0 Å². The molecule has 4 aromatic rings. The molecular weight excluding hydrogens is 526 g/mol. The number of tetrazole rings is 1. The van der Waals surface area contributed by atoms with Crippen molar-refractivity contribution in [2.45, 2.75) is 65.6 Å². The van der Waals surface area contributed by atoms with Gasteiger partial charge >= 0.3 is 5.97 Å². The lowest BCUT2D eigenvalue weighted by atomic mass is 9.98. The minimum atomic E-state index is -0.317. The van der Waals surface area contributed by atoms with Crippen LogP contribution in [-0.2, 0) is 29.1 Å². The van der Waals surface area contributed by atoms with E-state index in [4.69, 9.17) is 16.3 Å². The van der Waals surface area contributed by atoms with Crippen molar-refractivity contribution >= 4 is 17.6 Å². The van der Waals surface area contributed by atoms with Gasteiger partial charge < -0.3 is 9.30 Å². The lowest BCUT2D eigenvalue weighted by molar-refractivity contribution is -0.152. The van der Waals surface area contributed by atoms with Crippen molar-refractivity contribution < 1.29 is 9.53 Å². The van der Waals surface area contributed by atoms with Crippen LogP contribution in [0.5, 0.6) is 0 Å². The molecule has 2 aromatic carbocycles. The predicted octanol–water partition coefficient (Wildman–Crippen LogP) is 5.79. The van der Waals surface area contributed by atoms with Gasteiger partial charge in [-0.15, -0.1) is 10.2 Å². The number of unbranched alkanes of at least 4 members (excludes halogenated alkanes) is 1. The average molecular weight is 564 g/mol. The molecule has 0 aliphatic rings. The number of hydrogen-bond donors (Lipinski definition) is 1. The third-order valence-corrected chi connectivity index (χ3v) is 7.61. The van der Waals surface area contributed by atoms with Crippen LogP contribution in [0.1, 0.15) is 57.1 Å². The Morgan fingerprint density at radius 2 is 1.82 bits per heavy atom. The Bertz CT molecular complexity index is 1380. The lowest BCUT2D eigenvalue weighted by Gasteiger charge is -2.27. The number of aromatic amines is 1. The van der Waals surface area contributed by atoms with Crippen LogP contribution in [-0.4, -0.2) is 61.2 Å². The Kier molecular flexibility index (Phi) is 10.1. The summed E-state index contributed by atoms with van der Waals surface area (Å²) in [6.07, 6.45) is 3.72. The van der Waals surface area contributed by atoms with E-state index in [0.29, 0.717) is 23.2 Å². The molecule has 0 aliphatic heterocycles. The Morgan fingerprint density at radius 3 is 2.45 bits per heavy atom. The first kappa shape index (κ1) is 29.4. The summed E-state index contributed by atoms with van der Waals surface area (Å²) in [4.78, 5) is 19.6.